The number of ether oxygens (including phenoxy) is 2. The molecule has 0 bridgehead atoms. The number of hydrogen-bond acceptors (Lipinski definition) is 4. The molecule has 0 heterocycles. The Balaban J connectivity index is -0.000000116. The van der Waals surface area contributed by atoms with E-state index in [1.54, 1.807) is 14.2 Å². The number of carbonyl (C=O) groups is 2. The fraction of sp³-hybridized carbons (Fsp3) is 0.667. The van der Waals surface area contributed by atoms with Crippen LogP contribution in [-0.4, -0.2) is 39.2 Å². The van der Waals surface area contributed by atoms with Crippen LogP contribution in [0.25, 0.3) is 6.15 Å². The summed E-state index contributed by atoms with van der Waals surface area (Å²) in [5.74, 6) is -0.0703. The molecular formula is C12H26KN3O4-2. The third-order valence-corrected chi connectivity index (χ3v) is 1.90. The maximum absolute atomic E-state index is 10.5. The molecule has 0 rings (SSSR count). The van der Waals surface area contributed by atoms with Gasteiger partial charge in [0.05, 0.1) is 0 Å². The van der Waals surface area contributed by atoms with Crippen molar-refractivity contribution in [2.24, 2.45) is 0 Å². The minimum absolute atomic E-state index is 0. The standard InChI is InChI=1S/2C6H12NO2.K.H2N/c2*1-7-6(8)4-3-5-9-2;;/h2*1,3-5H2,2H3,(H,7,8);;1H2/q2*-1;+1;-1. The van der Waals surface area contributed by atoms with Gasteiger partial charge in [0.2, 0.25) is 0 Å². The van der Waals surface area contributed by atoms with Crippen LogP contribution in [0.2, 0.25) is 0 Å². The Hall–Kier alpha value is 0.456. The molecule has 2 amide bonds. The summed E-state index contributed by atoms with van der Waals surface area (Å²) in [5.41, 5.74) is 0. The monoisotopic (exact) mass is 315 g/mol. The number of nitrogens with two attached hydrogens (primary N) is 1. The molecule has 0 unspecified atom stereocenters. The van der Waals surface area contributed by atoms with Gasteiger partial charge in [0.1, 0.15) is 0 Å². The van der Waals surface area contributed by atoms with E-state index in [2.05, 4.69) is 24.7 Å². The van der Waals surface area contributed by atoms with E-state index in [9.17, 15) is 9.59 Å². The summed E-state index contributed by atoms with van der Waals surface area (Å²) in [7, 11) is 9.67. The molecule has 0 radical (unpaired) electrons. The van der Waals surface area contributed by atoms with Crippen LogP contribution in [-0.2, 0) is 19.1 Å². The Kier molecular flexibility index (Phi) is 35.0. The first kappa shape index (κ1) is 28.6. The molecular weight excluding hydrogens is 289 g/mol. The van der Waals surface area contributed by atoms with Gasteiger partial charge in [0.25, 0.3) is 0 Å². The zero-order chi connectivity index (χ0) is 14.2. The van der Waals surface area contributed by atoms with Gasteiger partial charge in [-0.3, -0.25) is 23.7 Å². The first-order valence-corrected chi connectivity index (χ1v) is 5.72. The number of amides is 2. The summed E-state index contributed by atoms with van der Waals surface area (Å²) < 4.78 is 9.47. The molecule has 0 aromatic carbocycles. The average Bonchev–Trinajstić information content (AvgIpc) is 2.39. The second-order valence-electron chi connectivity index (χ2n) is 3.39. The van der Waals surface area contributed by atoms with Crippen molar-refractivity contribution in [3.8, 4) is 0 Å². The molecule has 0 fully saturated rings. The molecule has 0 aliphatic carbocycles. The zero-order valence-corrected chi connectivity index (χ0v) is 16.0. The Morgan fingerprint density at radius 3 is 1.40 bits per heavy atom. The normalized spacial score (nSPS) is 8.20. The molecule has 0 aliphatic rings. The molecule has 0 spiro atoms. The third kappa shape index (κ3) is 26.9. The van der Waals surface area contributed by atoms with Crippen molar-refractivity contribution >= 4 is 11.8 Å². The van der Waals surface area contributed by atoms with E-state index in [-0.39, 0.29) is 69.3 Å². The number of hydrogen-bond donors (Lipinski definition) is 2. The van der Waals surface area contributed by atoms with Gasteiger partial charge >= 0.3 is 51.4 Å². The van der Waals surface area contributed by atoms with Crippen molar-refractivity contribution in [3.05, 3.63) is 20.2 Å². The molecule has 20 heavy (non-hydrogen) atoms. The SMILES string of the molecule is [CH2-]NC(=O)CCCOC.[CH2-]NC(=O)CCCOC.[K+].[NH2-]. The van der Waals surface area contributed by atoms with Crippen LogP contribution in [0.5, 0.6) is 0 Å². The fourth-order valence-electron chi connectivity index (χ4n) is 0.931. The summed E-state index contributed by atoms with van der Waals surface area (Å²) in [6.07, 6.45) is 2.52. The minimum Gasteiger partial charge on any atom is -0.693 e. The van der Waals surface area contributed by atoms with Crippen LogP contribution < -0.4 is 62.0 Å². The predicted molar refractivity (Wildman–Crippen MR) is 74.5 cm³/mol. The third-order valence-electron chi connectivity index (χ3n) is 1.90. The molecule has 0 aliphatic heterocycles. The van der Waals surface area contributed by atoms with Crippen molar-refractivity contribution < 1.29 is 70.4 Å². The average molecular weight is 315 g/mol. The topological polar surface area (TPSA) is 110 Å². The van der Waals surface area contributed by atoms with E-state index in [1.807, 2.05) is 0 Å². The smallest absolute Gasteiger partial charge is 0.693 e. The van der Waals surface area contributed by atoms with Crippen molar-refractivity contribution in [2.75, 3.05) is 27.4 Å². The second-order valence-corrected chi connectivity index (χ2v) is 3.39. The van der Waals surface area contributed by atoms with Crippen molar-refractivity contribution in [1.82, 2.24) is 10.6 Å². The Morgan fingerprint density at radius 2 is 1.20 bits per heavy atom. The fourth-order valence-corrected chi connectivity index (χ4v) is 0.931. The van der Waals surface area contributed by atoms with E-state index < -0.39 is 0 Å². The Bertz CT molecular complexity index is 197. The van der Waals surface area contributed by atoms with Crippen LogP contribution in [0.1, 0.15) is 25.7 Å². The zero-order valence-electron chi connectivity index (χ0n) is 12.9. The number of rotatable bonds is 8. The number of methoxy groups -OCH3 is 2. The van der Waals surface area contributed by atoms with E-state index in [1.165, 1.54) is 0 Å². The molecule has 0 aromatic rings. The summed E-state index contributed by atoms with van der Waals surface area (Å²) in [4.78, 5) is 20.9. The van der Waals surface area contributed by atoms with Gasteiger partial charge in [-0.1, -0.05) is 0 Å². The molecule has 0 atom stereocenters. The molecule has 0 aromatic heterocycles. The first-order valence-electron chi connectivity index (χ1n) is 5.72. The van der Waals surface area contributed by atoms with Crippen LogP contribution in [0.15, 0.2) is 0 Å². The molecule has 4 N–H and O–H groups in total. The number of nitrogens with one attached hydrogen (secondary N) is 2. The van der Waals surface area contributed by atoms with Gasteiger partial charge in [-0.15, -0.1) is 0 Å². The van der Waals surface area contributed by atoms with Gasteiger partial charge in [0.15, 0.2) is 11.8 Å². The van der Waals surface area contributed by atoms with Crippen molar-refractivity contribution in [1.29, 1.82) is 0 Å². The Morgan fingerprint density at radius 1 is 0.900 bits per heavy atom. The van der Waals surface area contributed by atoms with Gasteiger partial charge in [-0.05, 0) is 12.8 Å². The van der Waals surface area contributed by atoms with E-state index in [4.69, 9.17) is 9.47 Å². The van der Waals surface area contributed by atoms with Gasteiger partial charge in [-0.2, -0.15) is 0 Å². The van der Waals surface area contributed by atoms with Gasteiger partial charge in [-0.25, -0.2) is 0 Å². The summed E-state index contributed by atoms with van der Waals surface area (Å²) in [5, 5.41) is 4.56. The molecule has 0 saturated heterocycles. The molecule has 0 saturated carbocycles. The van der Waals surface area contributed by atoms with Gasteiger partial charge in [0, 0.05) is 40.3 Å². The van der Waals surface area contributed by atoms with E-state index in [0.717, 1.165) is 12.8 Å². The van der Waals surface area contributed by atoms with Gasteiger partial charge < -0.3 is 26.3 Å². The molecule has 7 nitrogen and oxygen atoms in total. The second kappa shape index (κ2) is 24.5. The molecule has 8 heteroatoms. The van der Waals surface area contributed by atoms with Crippen molar-refractivity contribution in [3.63, 3.8) is 0 Å². The molecule has 116 valence electrons. The summed E-state index contributed by atoms with van der Waals surface area (Å²) in [6.45, 7) is 1.26. The summed E-state index contributed by atoms with van der Waals surface area (Å²) in [6, 6.07) is 0. The largest absolute Gasteiger partial charge is 1.00 e. The Labute approximate surface area is 164 Å². The predicted octanol–water partition coefficient (Wildman–Crippen LogP) is -1.64. The quantitative estimate of drug-likeness (QED) is 0.318. The van der Waals surface area contributed by atoms with E-state index >= 15 is 0 Å². The minimum atomic E-state index is -0.0351. The maximum atomic E-state index is 10.5. The van der Waals surface area contributed by atoms with Crippen LogP contribution >= 0.6 is 0 Å². The van der Waals surface area contributed by atoms with Crippen LogP contribution in [0.4, 0.5) is 0 Å². The van der Waals surface area contributed by atoms with Crippen LogP contribution in [0, 0.1) is 14.1 Å². The maximum Gasteiger partial charge on any atom is 1.00 e. The van der Waals surface area contributed by atoms with Crippen molar-refractivity contribution in [2.45, 2.75) is 25.7 Å². The summed E-state index contributed by atoms with van der Waals surface area (Å²) >= 11 is 0. The number of carbonyl (C=O) groups excluding carboxylic acids is 2. The first-order chi connectivity index (χ1) is 8.62. The van der Waals surface area contributed by atoms with E-state index in [0.29, 0.717) is 26.1 Å². The van der Waals surface area contributed by atoms with Crippen LogP contribution in [0.3, 0.4) is 0 Å².